The molecule has 0 radical (unpaired) electrons. The van der Waals surface area contributed by atoms with E-state index in [9.17, 15) is 9.59 Å². The second-order valence-electron chi connectivity index (χ2n) is 9.84. The van der Waals surface area contributed by atoms with E-state index in [0.717, 1.165) is 44.2 Å². The summed E-state index contributed by atoms with van der Waals surface area (Å²) in [5.41, 5.74) is 1.84. The predicted octanol–water partition coefficient (Wildman–Crippen LogP) is 8.25. The molecule has 1 aromatic carbocycles. The number of benzene rings is 1. The Labute approximate surface area is 223 Å². The monoisotopic (exact) mass is 513 g/mol. The molecule has 0 fully saturated rings. The number of allylic oxidation sites excluding steroid dienone is 2. The van der Waals surface area contributed by atoms with Gasteiger partial charge < -0.3 is 14.3 Å². The lowest BCUT2D eigenvalue weighted by atomic mass is 9.88. The van der Waals surface area contributed by atoms with Gasteiger partial charge in [-0.15, -0.1) is 0 Å². The highest BCUT2D eigenvalue weighted by Gasteiger charge is 2.31. The van der Waals surface area contributed by atoms with Gasteiger partial charge in [0, 0.05) is 5.56 Å². The maximum absolute atomic E-state index is 12.8. The fraction of sp³-hybridized carbons (Fsp3) is 0.645. The number of unbranched alkanes of at least 4 members (excludes halogenated alkanes) is 12. The molecule has 2 rings (SSSR count). The van der Waals surface area contributed by atoms with E-state index in [4.69, 9.17) is 14.3 Å². The van der Waals surface area contributed by atoms with Gasteiger partial charge in [0.1, 0.15) is 18.1 Å². The molecule has 0 saturated carbocycles. The summed E-state index contributed by atoms with van der Waals surface area (Å²) in [5, 5.41) is 4.51. The molecule has 0 aromatic heterocycles. The van der Waals surface area contributed by atoms with Crippen molar-refractivity contribution in [3.8, 4) is 11.5 Å². The third-order valence-electron chi connectivity index (χ3n) is 6.89. The van der Waals surface area contributed by atoms with Crippen LogP contribution in [0.5, 0.6) is 11.5 Å². The third kappa shape index (κ3) is 9.64. The Morgan fingerprint density at radius 3 is 1.81 bits per heavy atom. The molecule has 6 nitrogen and oxygen atoms in total. The topological polar surface area (TPSA) is 74.2 Å². The van der Waals surface area contributed by atoms with E-state index < -0.39 is 0 Å². The first-order chi connectivity index (χ1) is 18.1. The molecular formula is C31H47NO5. The van der Waals surface area contributed by atoms with E-state index in [2.05, 4.69) is 19.0 Å². The lowest BCUT2D eigenvalue weighted by Crippen LogP contribution is -2.18. The Morgan fingerprint density at radius 2 is 1.24 bits per heavy atom. The molecule has 0 unspecified atom stereocenters. The van der Waals surface area contributed by atoms with Gasteiger partial charge in [0.25, 0.3) is 0 Å². The summed E-state index contributed by atoms with van der Waals surface area (Å²) in [5.74, 6) is 0.165. The van der Waals surface area contributed by atoms with E-state index in [1.165, 1.54) is 77.7 Å². The Morgan fingerprint density at radius 1 is 0.703 bits per heavy atom. The second-order valence-corrected chi connectivity index (χ2v) is 9.84. The standard InChI is InChI=1S/C31H47NO5/c1-5-7-9-11-12-13-14-15-16-18-22-37-32-25(19-17-10-8-6-2)24-23-28(35-3)29-26(33)20-21-27(34)30(29)31(24)36-4/h20-21,23H,5-19,22H2,1-4H3/b32-25+. The minimum absolute atomic E-state index is 0.236. The van der Waals surface area contributed by atoms with Crippen LogP contribution in [-0.4, -0.2) is 38.1 Å². The van der Waals surface area contributed by atoms with Crippen LogP contribution in [0.4, 0.5) is 0 Å². The van der Waals surface area contributed by atoms with Crippen molar-refractivity contribution in [2.24, 2.45) is 5.16 Å². The van der Waals surface area contributed by atoms with Gasteiger partial charge in [-0.3, -0.25) is 9.59 Å². The van der Waals surface area contributed by atoms with Gasteiger partial charge >= 0.3 is 0 Å². The van der Waals surface area contributed by atoms with Gasteiger partial charge in [-0.25, -0.2) is 0 Å². The fourth-order valence-electron chi connectivity index (χ4n) is 4.75. The third-order valence-corrected chi connectivity index (χ3v) is 6.89. The molecular weight excluding hydrogens is 466 g/mol. The summed E-state index contributed by atoms with van der Waals surface area (Å²) in [6.45, 7) is 4.99. The van der Waals surface area contributed by atoms with E-state index in [0.29, 0.717) is 30.1 Å². The fourth-order valence-corrected chi connectivity index (χ4v) is 4.75. The molecule has 0 heterocycles. The van der Waals surface area contributed by atoms with E-state index >= 15 is 0 Å². The number of carbonyl (C=O) groups excluding carboxylic acids is 2. The van der Waals surface area contributed by atoms with E-state index in [-0.39, 0.29) is 22.7 Å². The van der Waals surface area contributed by atoms with Gasteiger partial charge in [0.15, 0.2) is 11.6 Å². The highest BCUT2D eigenvalue weighted by atomic mass is 16.6. The van der Waals surface area contributed by atoms with Crippen LogP contribution in [0, 0.1) is 0 Å². The van der Waals surface area contributed by atoms with Crippen molar-refractivity contribution in [3.63, 3.8) is 0 Å². The van der Waals surface area contributed by atoms with Gasteiger partial charge in [0.2, 0.25) is 0 Å². The molecule has 0 saturated heterocycles. The van der Waals surface area contributed by atoms with Gasteiger partial charge in [-0.2, -0.15) is 0 Å². The Balaban J connectivity index is 2.07. The SMILES string of the molecule is CCCCCCCCCCCCO/N=C(\CCCCCC)c1cc(OC)c2c(c1OC)C(=O)C=CC2=O. The molecule has 1 aromatic rings. The van der Waals surface area contributed by atoms with Crippen molar-refractivity contribution in [1.82, 2.24) is 0 Å². The Bertz CT molecular complexity index is 919. The lowest BCUT2D eigenvalue weighted by Gasteiger charge is -2.20. The zero-order valence-corrected chi connectivity index (χ0v) is 23.5. The van der Waals surface area contributed by atoms with Crippen LogP contribution < -0.4 is 9.47 Å². The average Bonchev–Trinajstić information content (AvgIpc) is 2.91. The van der Waals surface area contributed by atoms with Crippen LogP contribution in [0.1, 0.15) is 136 Å². The maximum atomic E-state index is 12.8. The number of nitrogens with zero attached hydrogens (tertiary/aromatic N) is 1. The summed E-state index contributed by atoms with van der Waals surface area (Å²) in [7, 11) is 3.02. The molecule has 0 N–H and O–H groups in total. The molecule has 0 bridgehead atoms. The van der Waals surface area contributed by atoms with Crippen LogP contribution in [0.15, 0.2) is 23.4 Å². The minimum Gasteiger partial charge on any atom is -0.496 e. The summed E-state index contributed by atoms with van der Waals surface area (Å²) in [6.07, 6.45) is 20.2. The van der Waals surface area contributed by atoms with Crippen LogP contribution in [0.3, 0.4) is 0 Å². The Kier molecular flexibility index (Phi) is 14.7. The number of oxime groups is 1. The summed E-state index contributed by atoms with van der Waals surface area (Å²) in [4.78, 5) is 31.1. The number of ketones is 2. The van der Waals surface area contributed by atoms with Crippen molar-refractivity contribution >= 4 is 17.3 Å². The largest absolute Gasteiger partial charge is 0.496 e. The zero-order chi connectivity index (χ0) is 26.9. The normalized spacial score (nSPS) is 13.1. The van der Waals surface area contributed by atoms with Gasteiger partial charge in [0.05, 0.1) is 31.1 Å². The predicted molar refractivity (Wildman–Crippen MR) is 150 cm³/mol. The quantitative estimate of drug-likeness (QED) is 0.0997. The Hall–Kier alpha value is -2.63. The number of hydrogen-bond acceptors (Lipinski definition) is 6. The number of methoxy groups -OCH3 is 2. The van der Waals surface area contributed by atoms with Crippen molar-refractivity contribution in [2.75, 3.05) is 20.8 Å². The zero-order valence-electron chi connectivity index (χ0n) is 23.5. The van der Waals surface area contributed by atoms with Gasteiger partial charge in [-0.1, -0.05) is 89.6 Å². The average molecular weight is 514 g/mol. The van der Waals surface area contributed by atoms with Crippen LogP contribution in [0.2, 0.25) is 0 Å². The van der Waals surface area contributed by atoms with Crippen molar-refractivity contribution in [2.45, 2.75) is 110 Å². The summed E-state index contributed by atoms with van der Waals surface area (Å²) < 4.78 is 11.2. The lowest BCUT2D eigenvalue weighted by molar-refractivity contribution is 0.0989. The number of fused-ring (bicyclic) bond motifs is 1. The number of rotatable bonds is 20. The second kappa shape index (κ2) is 17.8. The van der Waals surface area contributed by atoms with Crippen LogP contribution >= 0.6 is 0 Å². The number of carbonyl (C=O) groups is 2. The molecule has 0 atom stereocenters. The number of ether oxygens (including phenoxy) is 2. The minimum atomic E-state index is -0.275. The number of hydrogen-bond donors (Lipinski definition) is 0. The molecule has 1 aliphatic rings. The molecule has 0 spiro atoms. The summed E-state index contributed by atoms with van der Waals surface area (Å²) >= 11 is 0. The van der Waals surface area contributed by atoms with E-state index in [1.54, 1.807) is 6.07 Å². The summed E-state index contributed by atoms with van der Waals surface area (Å²) in [6, 6.07) is 1.75. The van der Waals surface area contributed by atoms with Gasteiger partial charge in [-0.05, 0) is 43.9 Å². The van der Waals surface area contributed by atoms with Crippen molar-refractivity contribution in [1.29, 1.82) is 0 Å². The molecule has 6 heteroatoms. The highest BCUT2D eigenvalue weighted by Crippen LogP contribution is 2.38. The molecule has 1 aliphatic carbocycles. The first kappa shape index (κ1) is 30.6. The molecule has 0 amide bonds. The molecule has 0 aliphatic heterocycles. The highest BCUT2D eigenvalue weighted by molar-refractivity contribution is 6.25. The van der Waals surface area contributed by atoms with Crippen LogP contribution in [-0.2, 0) is 4.84 Å². The molecule has 206 valence electrons. The molecule has 37 heavy (non-hydrogen) atoms. The van der Waals surface area contributed by atoms with Crippen molar-refractivity contribution < 1.29 is 23.9 Å². The van der Waals surface area contributed by atoms with Crippen LogP contribution in [0.25, 0.3) is 0 Å². The van der Waals surface area contributed by atoms with Crippen molar-refractivity contribution in [3.05, 3.63) is 34.9 Å². The first-order valence-corrected chi connectivity index (χ1v) is 14.3. The first-order valence-electron chi connectivity index (χ1n) is 14.3. The smallest absolute Gasteiger partial charge is 0.190 e. The van der Waals surface area contributed by atoms with E-state index in [1.807, 2.05) is 0 Å². The maximum Gasteiger partial charge on any atom is 0.190 e.